The van der Waals surface area contributed by atoms with Crippen molar-refractivity contribution in [3.8, 4) is 0 Å². The van der Waals surface area contributed by atoms with E-state index in [0.717, 1.165) is 0 Å². The minimum Gasteiger partial charge on any atom is -0.218 e. The monoisotopic (exact) mass is 214 g/mol. The number of alkyl halides is 6. The molecule has 10 heavy (non-hydrogen) atoms. The van der Waals surface area contributed by atoms with E-state index in [1.165, 1.54) is 0 Å². The molecule has 6 heteroatoms. The zero-order valence-electron chi connectivity index (χ0n) is 4.68. The predicted octanol–water partition coefficient (Wildman–Crippen LogP) is 3.35. The minimum atomic E-state index is -4.07. The van der Waals surface area contributed by atoms with E-state index in [0.29, 0.717) is 0 Å². The second-order valence-corrected chi connectivity index (χ2v) is 3.09. The van der Waals surface area contributed by atoms with Gasteiger partial charge in [-0.2, -0.15) is 8.78 Å². The molecule has 62 valence electrons. The summed E-state index contributed by atoms with van der Waals surface area (Å²) < 4.78 is 36.2. The van der Waals surface area contributed by atoms with Gasteiger partial charge in [-0.15, -0.1) is 11.6 Å². The summed E-state index contributed by atoms with van der Waals surface area (Å²) in [5.74, 6) is -0.303. The van der Waals surface area contributed by atoms with Crippen molar-refractivity contribution >= 4 is 34.8 Å². The van der Waals surface area contributed by atoms with Crippen LogP contribution in [0, 0.1) is 0 Å². The van der Waals surface area contributed by atoms with Crippen LogP contribution in [-0.4, -0.2) is 16.4 Å². The molecule has 1 atom stereocenters. The first-order valence-corrected chi connectivity index (χ1v) is 3.61. The highest BCUT2D eigenvalue weighted by molar-refractivity contribution is 6.32. The van der Waals surface area contributed by atoms with E-state index in [1.807, 2.05) is 0 Å². The van der Waals surface area contributed by atoms with E-state index in [-0.39, 0.29) is 5.88 Å². The van der Waals surface area contributed by atoms with Crippen LogP contribution in [0.3, 0.4) is 0 Å². The van der Waals surface area contributed by atoms with Crippen molar-refractivity contribution in [1.82, 2.24) is 0 Å². The van der Waals surface area contributed by atoms with E-state index in [9.17, 15) is 13.2 Å². The largest absolute Gasteiger partial charge is 0.369 e. The van der Waals surface area contributed by atoms with Crippen LogP contribution < -0.4 is 0 Å². The molecule has 0 nitrogen and oxygen atoms in total. The highest BCUT2D eigenvalue weighted by Crippen LogP contribution is 2.42. The van der Waals surface area contributed by atoms with Gasteiger partial charge >= 0.3 is 5.38 Å². The summed E-state index contributed by atoms with van der Waals surface area (Å²) in [6, 6.07) is 0. The Hall–Kier alpha value is 0.660. The SMILES string of the molecule is FC(F)(Cl)[C@@](F)(Cl)CCCl. The minimum absolute atomic E-state index is 0.303. The molecule has 0 saturated heterocycles. The normalized spacial score (nSPS) is 18.6. The Bertz CT molecular complexity index is 109. The molecule has 0 aromatic heterocycles. The molecule has 0 amide bonds. The summed E-state index contributed by atoms with van der Waals surface area (Å²) in [5, 5.41) is -7.31. The van der Waals surface area contributed by atoms with Crippen LogP contribution in [0.15, 0.2) is 0 Å². The van der Waals surface area contributed by atoms with E-state index in [2.05, 4.69) is 23.2 Å². The first-order valence-electron chi connectivity index (χ1n) is 2.32. The van der Waals surface area contributed by atoms with E-state index < -0.39 is 16.9 Å². The zero-order valence-corrected chi connectivity index (χ0v) is 6.95. The molecule has 0 aliphatic carbocycles. The summed E-state index contributed by atoms with van der Waals surface area (Å²) in [6.07, 6.45) is -0.688. The molecule has 0 aromatic rings. The molecular formula is C4H4Cl3F3. The average molecular weight is 215 g/mol. The summed E-state index contributed by atoms with van der Waals surface area (Å²) in [4.78, 5) is 0. The molecule has 0 spiro atoms. The van der Waals surface area contributed by atoms with Gasteiger partial charge in [-0.1, -0.05) is 11.6 Å². The number of halogens is 6. The lowest BCUT2D eigenvalue weighted by Crippen LogP contribution is -2.34. The van der Waals surface area contributed by atoms with E-state index in [1.54, 1.807) is 0 Å². The van der Waals surface area contributed by atoms with Crippen LogP contribution >= 0.6 is 34.8 Å². The third-order valence-electron chi connectivity index (χ3n) is 0.823. The Morgan fingerprint density at radius 3 is 1.60 bits per heavy atom. The fourth-order valence-corrected chi connectivity index (χ4v) is 0.807. The fraction of sp³-hybridized carbons (Fsp3) is 1.00. The highest BCUT2D eigenvalue weighted by Gasteiger charge is 2.51. The molecule has 0 aliphatic rings. The molecule has 0 unspecified atom stereocenters. The van der Waals surface area contributed by atoms with Crippen molar-refractivity contribution in [2.45, 2.75) is 16.9 Å². The maximum absolute atomic E-state index is 12.4. The van der Waals surface area contributed by atoms with Gasteiger partial charge in [0.1, 0.15) is 0 Å². The van der Waals surface area contributed by atoms with Gasteiger partial charge in [-0.05, 0) is 11.6 Å². The van der Waals surface area contributed by atoms with Gasteiger partial charge in [0, 0.05) is 12.3 Å². The maximum Gasteiger partial charge on any atom is 0.369 e. The zero-order chi connectivity index (χ0) is 8.41. The molecule has 0 rings (SSSR count). The van der Waals surface area contributed by atoms with Gasteiger partial charge in [0.15, 0.2) is 0 Å². The molecule has 0 fully saturated rings. The standard InChI is InChI=1S/C4H4Cl3F3/c5-2-1-3(6,8)4(7,9)10/h1-2H2/t3-/m1/s1. The summed E-state index contributed by atoms with van der Waals surface area (Å²) in [6.45, 7) is 0. The molecule has 0 radical (unpaired) electrons. The molecule has 0 bridgehead atoms. The van der Waals surface area contributed by atoms with Gasteiger partial charge in [0.05, 0.1) is 0 Å². The molecule has 0 aliphatic heterocycles. The van der Waals surface area contributed by atoms with Crippen molar-refractivity contribution in [2.75, 3.05) is 5.88 Å². The Labute approximate surface area is 71.2 Å². The van der Waals surface area contributed by atoms with E-state index >= 15 is 0 Å². The predicted molar refractivity (Wildman–Crippen MR) is 35.8 cm³/mol. The summed E-state index contributed by atoms with van der Waals surface area (Å²) in [5.41, 5.74) is 0. The highest BCUT2D eigenvalue weighted by atomic mass is 35.5. The summed E-state index contributed by atoms with van der Waals surface area (Å²) >= 11 is 14.0. The van der Waals surface area contributed by atoms with Crippen LogP contribution in [0.2, 0.25) is 0 Å². The lowest BCUT2D eigenvalue weighted by Gasteiger charge is -2.20. The lowest BCUT2D eigenvalue weighted by molar-refractivity contribution is -0.0209. The molecular weight excluding hydrogens is 211 g/mol. The van der Waals surface area contributed by atoms with Gasteiger partial charge in [0.2, 0.25) is 0 Å². The molecule has 0 saturated carbocycles. The first-order chi connectivity index (χ1) is 4.31. The van der Waals surface area contributed by atoms with E-state index in [4.69, 9.17) is 11.6 Å². The Morgan fingerprint density at radius 2 is 1.50 bits per heavy atom. The number of rotatable bonds is 3. The van der Waals surface area contributed by atoms with Crippen LogP contribution in [0.4, 0.5) is 13.2 Å². The third-order valence-corrected chi connectivity index (χ3v) is 1.83. The topological polar surface area (TPSA) is 0 Å². The van der Waals surface area contributed by atoms with Crippen LogP contribution in [0.25, 0.3) is 0 Å². The van der Waals surface area contributed by atoms with Gasteiger partial charge in [-0.3, -0.25) is 0 Å². The van der Waals surface area contributed by atoms with Crippen LogP contribution in [-0.2, 0) is 0 Å². The van der Waals surface area contributed by atoms with Crippen molar-refractivity contribution < 1.29 is 13.2 Å². The van der Waals surface area contributed by atoms with Crippen molar-refractivity contribution in [3.63, 3.8) is 0 Å². The Balaban J connectivity index is 4.10. The maximum atomic E-state index is 12.4. The van der Waals surface area contributed by atoms with Gasteiger partial charge in [-0.25, -0.2) is 4.39 Å². The van der Waals surface area contributed by atoms with Crippen LogP contribution in [0.5, 0.6) is 0 Å². The second kappa shape index (κ2) is 3.37. The number of hydrogen-bond donors (Lipinski definition) is 0. The van der Waals surface area contributed by atoms with Crippen LogP contribution in [0.1, 0.15) is 6.42 Å². The molecule has 0 N–H and O–H groups in total. The van der Waals surface area contributed by atoms with Gasteiger partial charge < -0.3 is 0 Å². The Morgan fingerprint density at radius 1 is 1.10 bits per heavy atom. The molecule has 0 heterocycles. The number of hydrogen-bond acceptors (Lipinski definition) is 0. The quantitative estimate of drug-likeness (QED) is 0.633. The average Bonchev–Trinajstić information content (AvgIpc) is 1.61. The fourth-order valence-electron chi connectivity index (χ4n) is 0.260. The third kappa shape index (κ3) is 2.72. The lowest BCUT2D eigenvalue weighted by atomic mass is 10.3. The second-order valence-electron chi connectivity index (χ2n) is 1.64. The summed E-state index contributed by atoms with van der Waals surface area (Å²) in [7, 11) is 0. The molecule has 0 aromatic carbocycles. The smallest absolute Gasteiger partial charge is 0.218 e. The van der Waals surface area contributed by atoms with Crippen molar-refractivity contribution in [3.05, 3.63) is 0 Å². The van der Waals surface area contributed by atoms with Crippen molar-refractivity contribution in [1.29, 1.82) is 0 Å². The van der Waals surface area contributed by atoms with Crippen molar-refractivity contribution in [2.24, 2.45) is 0 Å². The van der Waals surface area contributed by atoms with Gasteiger partial charge in [0.25, 0.3) is 5.13 Å². The Kier molecular flexibility index (Phi) is 3.59. The first kappa shape index (κ1) is 10.7.